The molecule has 3 heterocycles. The van der Waals surface area contributed by atoms with Crippen LogP contribution in [-0.2, 0) is 26.9 Å². The van der Waals surface area contributed by atoms with Gasteiger partial charge in [0.1, 0.15) is 0 Å². The van der Waals surface area contributed by atoms with E-state index in [0.29, 0.717) is 40.7 Å². The summed E-state index contributed by atoms with van der Waals surface area (Å²) in [6.07, 6.45) is -2.30. The predicted molar refractivity (Wildman–Crippen MR) is 155 cm³/mol. The molecule has 2 aliphatic rings. The van der Waals surface area contributed by atoms with Crippen LogP contribution in [-0.4, -0.2) is 40.1 Å². The number of alkyl halides is 3. The molecule has 0 fully saturated rings. The number of aromatic nitrogens is 1. The van der Waals surface area contributed by atoms with Gasteiger partial charge in [-0.2, -0.15) is 13.2 Å². The van der Waals surface area contributed by atoms with E-state index in [9.17, 15) is 22.8 Å². The Morgan fingerprint density at radius 2 is 1.76 bits per heavy atom. The molecule has 0 radical (unpaired) electrons. The first-order valence-electron chi connectivity index (χ1n) is 13.3. The average Bonchev–Trinajstić information content (AvgIpc) is 3.39. The molecular formula is C31H27F3N4O3S. The lowest BCUT2D eigenvalue weighted by molar-refractivity contribution is -0.139. The number of benzene rings is 2. The number of nitrogens with one attached hydrogen (secondary N) is 1. The van der Waals surface area contributed by atoms with Crippen molar-refractivity contribution >= 4 is 34.5 Å². The summed E-state index contributed by atoms with van der Waals surface area (Å²) in [4.78, 5) is 37.3. The van der Waals surface area contributed by atoms with Gasteiger partial charge in [0.05, 0.1) is 35.9 Å². The van der Waals surface area contributed by atoms with Crippen LogP contribution in [0.5, 0.6) is 0 Å². The average molecular weight is 593 g/mol. The van der Waals surface area contributed by atoms with Crippen LogP contribution in [0.4, 0.5) is 13.2 Å². The Balaban J connectivity index is 1.50. The van der Waals surface area contributed by atoms with E-state index in [-0.39, 0.29) is 24.5 Å². The molecule has 0 unspecified atom stereocenters. The minimum Gasteiger partial charge on any atom is -0.463 e. The van der Waals surface area contributed by atoms with Crippen molar-refractivity contribution < 1.29 is 27.5 Å². The SMILES string of the molecule is CCOC(=O)C1=C(c2ccccc2)N=C2SC=C(CC(=O)NCCc3ccccn3)N2[C@H]1c1ccc(C(F)(F)F)cc1. The van der Waals surface area contributed by atoms with Crippen LogP contribution in [0.15, 0.2) is 101 Å². The van der Waals surface area contributed by atoms with E-state index in [1.807, 2.05) is 36.4 Å². The lowest BCUT2D eigenvalue weighted by Gasteiger charge is -2.37. The molecule has 11 heteroatoms. The Kier molecular flexibility index (Phi) is 8.77. The zero-order valence-corrected chi connectivity index (χ0v) is 23.4. The largest absolute Gasteiger partial charge is 0.463 e. The Hall–Kier alpha value is -4.38. The van der Waals surface area contributed by atoms with E-state index in [1.54, 1.807) is 35.6 Å². The number of carbonyl (C=O) groups excluding carboxylic acids is 2. The van der Waals surface area contributed by atoms with Gasteiger partial charge in [0, 0.05) is 36.1 Å². The summed E-state index contributed by atoms with van der Waals surface area (Å²) in [7, 11) is 0. The molecule has 0 aliphatic carbocycles. The topological polar surface area (TPSA) is 83.9 Å². The molecule has 1 amide bonds. The number of amides is 1. The third-order valence-corrected chi connectivity index (χ3v) is 7.57. The molecule has 0 saturated heterocycles. The third kappa shape index (κ3) is 6.41. The Bertz CT molecular complexity index is 1540. The summed E-state index contributed by atoms with van der Waals surface area (Å²) in [6.45, 7) is 2.15. The number of halogens is 3. The van der Waals surface area contributed by atoms with Gasteiger partial charge in [0.15, 0.2) is 5.17 Å². The summed E-state index contributed by atoms with van der Waals surface area (Å²) in [6, 6.07) is 18.4. The van der Waals surface area contributed by atoms with Crippen molar-refractivity contribution in [3.05, 3.63) is 118 Å². The zero-order chi connectivity index (χ0) is 29.7. The number of amidine groups is 1. The number of fused-ring (bicyclic) bond motifs is 1. The van der Waals surface area contributed by atoms with Crippen LogP contribution >= 0.6 is 11.8 Å². The van der Waals surface area contributed by atoms with Crippen LogP contribution in [0, 0.1) is 0 Å². The van der Waals surface area contributed by atoms with Crippen molar-refractivity contribution in [2.24, 2.45) is 4.99 Å². The zero-order valence-electron chi connectivity index (χ0n) is 22.6. The number of nitrogens with zero attached hydrogens (tertiary/aromatic N) is 3. The highest BCUT2D eigenvalue weighted by Crippen LogP contribution is 2.47. The lowest BCUT2D eigenvalue weighted by atomic mass is 9.91. The molecule has 2 aromatic carbocycles. The number of carbonyl (C=O) groups is 2. The first-order chi connectivity index (χ1) is 20.3. The van der Waals surface area contributed by atoms with Crippen LogP contribution in [0.3, 0.4) is 0 Å². The maximum atomic E-state index is 13.5. The van der Waals surface area contributed by atoms with E-state index in [2.05, 4.69) is 10.3 Å². The van der Waals surface area contributed by atoms with Gasteiger partial charge in [-0.05, 0) is 42.2 Å². The third-order valence-electron chi connectivity index (χ3n) is 6.68. The molecule has 2 aliphatic heterocycles. The fraction of sp³-hybridized carbons (Fsp3) is 0.226. The minimum atomic E-state index is -4.52. The van der Waals surface area contributed by atoms with Crippen molar-refractivity contribution in [2.45, 2.75) is 32.0 Å². The van der Waals surface area contributed by atoms with Crippen LogP contribution in [0.1, 0.15) is 41.8 Å². The fourth-order valence-electron chi connectivity index (χ4n) is 4.76. The summed E-state index contributed by atoms with van der Waals surface area (Å²) in [5.74, 6) is -0.888. The maximum Gasteiger partial charge on any atom is 0.416 e. The number of pyridine rings is 1. The quantitative estimate of drug-likeness (QED) is 0.301. The first-order valence-corrected chi connectivity index (χ1v) is 14.2. The van der Waals surface area contributed by atoms with Gasteiger partial charge in [-0.1, -0.05) is 60.3 Å². The lowest BCUT2D eigenvalue weighted by Crippen LogP contribution is -2.38. The smallest absolute Gasteiger partial charge is 0.416 e. The number of thioether (sulfide) groups is 1. The number of ether oxygens (including phenoxy) is 1. The van der Waals surface area contributed by atoms with Gasteiger partial charge in [-0.3, -0.25) is 9.78 Å². The maximum absolute atomic E-state index is 13.5. The first kappa shape index (κ1) is 29.1. The number of hydrogen-bond acceptors (Lipinski definition) is 7. The number of aliphatic imine (C=N–C) groups is 1. The molecule has 1 atom stereocenters. The summed E-state index contributed by atoms with van der Waals surface area (Å²) >= 11 is 1.29. The minimum absolute atomic E-state index is 0.0256. The Labute approximate surface area is 245 Å². The molecular weight excluding hydrogens is 565 g/mol. The Morgan fingerprint density at radius 1 is 1.02 bits per heavy atom. The number of esters is 1. The van der Waals surface area contributed by atoms with Crippen molar-refractivity contribution in [3.63, 3.8) is 0 Å². The highest BCUT2D eigenvalue weighted by atomic mass is 32.2. The van der Waals surface area contributed by atoms with Crippen molar-refractivity contribution in [1.82, 2.24) is 15.2 Å². The standard InChI is InChI=1S/C31H27F3N4O3S/c1-2-41-29(40)26-27(20-8-4-3-5-9-20)37-30-38(28(26)21-11-13-22(14-12-21)31(32,33)34)24(19-42-30)18-25(39)36-17-15-23-10-6-7-16-35-23/h3-14,16,19,28H,2,15,17-18H2,1H3,(H,36,39)/t28-/m0/s1. The highest BCUT2D eigenvalue weighted by Gasteiger charge is 2.42. The van der Waals surface area contributed by atoms with Gasteiger partial charge in [0.25, 0.3) is 0 Å². The van der Waals surface area contributed by atoms with Crippen molar-refractivity contribution in [1.29, 1.82) is 0 Å². The van der Waals surface area contributed by atoms with Crippen LogP contribution < -0.4 is 5.32 Å². The van der Waals surface area contributed by atoms with Gasteiger partial charge in [0.2, 0.25) is 5.91 Å². The molecule has 1 N–H and O–H groups in total. The van der Waals surface area contributed by atoms with E-state index < -0.39 is 23.8 Å². The second-order valence-electron chi connectivity index (χ2n) is 9.46. The van der Waals surface area contributed by atoms with Crippen molar-refractivity contribution in [3.8, 4) is 0 Å². The summed E-state index contributed by atoms with van der Waals surface area (Å²) in [5.41, 5.74) is 2.23. The molecule has 216 valence electrons. The molecule has 5 rings (SSSR count). The monoisotopic (exact) mass is 592 g/mol. The predicted octanol–water partition coefficient (Wildman–Crippen LogP) is 6.12. The van der Waals surface area contributed by atoms with Crippen LogP contribution in [0.2, 0.25) is 0 Å². The summed E-state index contributed by atoms with van der Waals surface area (Å²) in [5, 5.41) is 5.18. The van der Waals surface area contributed by atoms with E-state index in [1.165, 1.54) is 23.9 Å². The number of hydrogen-bond donors (Lipinski definition) is 1. The Morgan fingerprint density at radius 3 is 2.43 bits per heavy atom. The van der Waals surface area contributed by atoms with E-state index in [4.69, 9.17) is 9.73 Å². The molecule has 3 aromatic rings. The van der Waals surface area contributed by atoms with E-state index in [0.717, 1.165) is 17.8 Å². The second kappa shape index (κ2) is 12.6. The molecule has 0 bridgehead atoms. The normalized spacial score (nSPS) is 16.5. The second-order valence-corrected chi connectivity index (χ2v) is 10.3. The van der Waals surface area contributed by atoms with Gasteiger partial charge in [-0.25, -0.2) is 9.79 Å². The van der Waals surface area contributed by atoms with E-state index >= 15 is 0 Å². The van der Waals surface area contributed by atoms with Crippen LogP contribution in [0.25, 0.3) is 5.70 Å². The highest BCUT2D eigenvalue weighted by molar-refractivity contribution is 8.16. The molecule has 0 saturated carbocycles. The van der Waals surface area contributed by atoms with Crippen molar-refractivity contribution in [2.75, 3.05) is 13.2 Å². The van der Waals surface area contributed by atoms with Gasteiger partial charge in [-0.15, -0.1) is 0 Å². The fourth-order valence-corrected chi connectivity index (χ4v) is 5.68. The summed E-state index contributed by atoms with van der Waals surface area (Å²) < 4.78 is 45.7. The molecule has 7 nitrogen and oxygen atoms in total. The van der Waals surface area contributed by atoms with Gasteiger partial charge < -0.3 is 15.0 Å². The number of rotatable bonds is 9. The molecule has 0 spiro atoms. The van der Waals surface area contributed by atoms with Gasteiger partial charge >= 0.3 is 12.1 Å². The molecule has 1 aromatic heterocycles. The molecule has 42 heavy (non-hydrogen) atoms.